The minimum Gasteiger partial charge on any atom is -0.376 e. The Balaban J connectivity index is 1.87. The third kappa shape index (κ3) is 4.74. The second kappa shape index (κ2) is 8.76. The van der Waals surface area contributed by atoms with Crippen molar-refractivity contribution in [1.29, 1.82) is 5.26 Å². The molecule has 5 nitrogen and oxygen atoms in total. The molecule has 1 saturated heterocycles. The molecular weight excluding hydrogens is 395 g/mol. The van der Waals surface area contributed by atoms with Crippen molar-refractivity contribution < 1.29 is 22.7 Å². The summed E-state index contributed by atoms with van der Waals surface area (Å²) in [6.07, 6.45) is -1.22. The van der Waals surface area contributed by atoms with Gasteiger partial charge in [0.15, 0.2) is 0 Å². The molecule has 0 radical (unpaired) electrons. The molecule has 0 aliphatic carbocycles. The van der Waals surface area contributed by atoms with Gasteiger partial charge in [-0.15, -0.1) is 0 Å². The number of hydrogen-bond acceptors (Lipinski definition) is 3. The number of amides is 1. The quantitative estimate of drug-likeness (QED) is 0.582. The number of nitrogens with one attached hydrogen (secondary N) is 1. The molecule has 1 aliphatic heterocycles. The van der Waals surface area contributed by atoms with Gasteiger partial charge >= 0.3 is 6.18 Å². The van der Waals surface area contributed by atoms with Gasteiger partial charge in [-0.1, -0.05) is 6.07 Å². The van der Waals surface area contributed by atoms with Gasteiger partial charge < -0.3 is 14.6 Å². The van der Waals surface area contributed by atoms with E-state index in [9.17, 15) is 23.2 Å². The summed E-state index contributed by atoms with van der Waals surface area (Å²) in [5, 5.41) is 12.1. The number of hydrogen-bond donors (Lipinski definition) is 1. The number of ether oxygens (including phenoxy) is 1. The van der Waals surface area contributed by atoms with Crippen molar-refractivity contribution >= 4 is 12.0 Å². The highest BCUT2D eigenvalue weighted by atomic mass is 19.4. The lowest BCUT2D eigenvalue weighted by molar-refractivity contribution is -0.137. The summed E-state index contributed by atoms with van der Waals surface area (Å²) < 4.78 is 46.3. The van der Waals surface area contributed by atoms with Crippen molar-refractivity contribution in [2.75, 3.05) is 13.2 Å². The summed E-state index contributed by atoms with van der Waals surface area (Å²) in [5.41, 5.74) is 1.46. The highest BCUT2D eigenvalue weighted by molar-refractivity contribution is 6.01. The summed E-state index contributed by atoms with van der Waals surface area (Å²) >= 11 is 0. The number of nitriles is 1. The van der Waals surface area contributed by atoms with Crippen LogP contribution >= 0.6 is 0 Å². The smallest absolute Gasteiger partial charge is 0.376 e. The maximum absolute atomic E-state index is 13.1. The van der Waals surface area contributed by atoms with Crippen molar-refractivity contribution in [3.63, 3.8) is 0 Å². The molecule has 1 amide bonds. The number of aromatic nitrogens is 1. The van der Waals surface area contributed by atoms with Crippen molar-refractivity contribution in [3.05, 3.63) is 58.4 Å². The van der Waals surface area contributed by atoms with E-state index in [-0.39, 0.29) is 11.7 Å². The summed E-state index contributed by atoms with van der Waals surface area (Å²) in [6.45, 7) is 4.50. The fourth-order valence-corrected chi connectivity index (χ4v) is 3.56. The highest BCUT2D eigenvalue weighted by Gasteiger charge is 2.30. The zero-order valence-electron chi connectivity index (χ0n) is 16.7. The van der Waals surface area contributed by atoms with Crippen LogP contribution in [-0.2, 0) is 15.7 Å². The van der Waals surface area contributed by atoms with Gasteiger partial charge in [0.25, 0.3) is 5.91 Å². The first kappa shape index (κ1) is 21.7. The number of alkyl halides is 3. The van der Waals surface area contributed by atoms with Gasteiger partial charge in [-0.2, -0.15) is 18.4 Å². The fraction of sp³-hybridized carbons (Fsp3) is 0.364. The molecule has 1 aromatic heterocycles. The van der Waals surface area contributed by atoms with E-state index < -0.39 is 17.6 Å². The number of nitrogens with zero attached hydrogens (tertiary/aromatic N) is 2. The number of carbonyl (C=O) groups excluding carboxylic acids is 1. The van der Waals surface area contributed by atoms with E-state index in [0.717, 1.165) is 25.0 Å². The maximum Gasteiger partial charge on any atom is 0.416 e. The standard InChI is InChI=1S/C22H22F3N3O2/c1-14-9-16(10-17(12-26)21(29)27-13-20-7-4-8-30-20)15(2)28(14)19-6-3-5-18(11-19)22(23,24)25/h3,5-6,9-11,20H,4,7-8,13H2,1-2H3,(H,27,29)/b17-10+/t20-/m0/s1. The van der Waals surface area contributed by atoms with Crippen LogP contribution in [0.15, 0.2) is 35.9 Å². The molecule has 1 aliphatic rings. The van der Waals surface area contributed by atoms with Crippen LogP contribution in [0.1, 0.15) is 35.4 Å². The molecule has 2 aromatic rings. The number of carbonyl (C=O) groups is 1. The van der Waals surface area contributed by atoms with E-state index in [2.05, 4.69) is 5.32 Å². The Hall–Kier alpha value is -3.05. The highest BCUT2D eigenvalue weighted by Crippen LogP contribution is 2.31. The molecule has 1 aromatic carbocycles. The summed E-state index contributed by atoms with van der Waals surface area (Å²) in [7, 11) is 0. The summed E-state index contributed by atoms with van der Waals surface area (Å²) in [5.74, 6) is -0.503. The van der Waals surface area contributed by atoms with Crippen LogP contribution in [0.3, 0.4) is 0 Å². The van der Waals surface area contributed by atoms with Crippen LogP contribution in [0, 0.1) is 25.2 Å². The van der Waals surface area contributed by atoms with E-state index in [0.29, 0.717) is 35.8 Å². The second-order valence-electron chi connectivity index (χ2n) is 7.22. The molecule has 158 valence electrons. The SMILES string of the molecule is Cc1cc(/C=C(\C#N)C(=O)NC[C@@H]2CCCO2)c(C)n1-c1cccc(C(F)(F)F)c1. The van der Waals surface area contributed by atoms with Gasteiger partial charge in [-0.3, -0.25) is 4.79 Å². The normalized spacial score (nSPS) is 17.1. The van der Waals surface area contributed by atoms with Gasteiger partial charge in [0, 0.05) is 30.2 Å². The molecule has 0 unspecified atom stereocenters. The lowest BCUT2D eigenvalue weighted by Crippen LogP contribution is -2.32. The van der Waals surface area contributed by atoms with Crippen molar-refractivity contribution in [1.82, 2.24) is 9.88 Å². The van der Waals surface area contributed by atoms with Gasteiger partial charge in [0.2, 0.25) is 0 Å². The molecule has 3 rings (SSSR count). The molecule has 8 heteroatoms. The summed E-state index contributed by atoms with van der Waals surface area (Å²) in [6, 6.07) is 8.67. The lowest BCUT2D eigenvalue weighted by Gasteiger charge is -2.13. The molecule has 0 bridgehead atoms. The maximum atomic E-state index is 13.1. The Labute approximate surface area is 172 Å². The van der Waals surface area contributed by atoms with Gasteiger partial charge in [0.1, 0.15) is 11.6 Å². The zero-order chi connectivity index (χ0) is 21.9. The first-order valence-corrected chi connectivity index (χ1v) is 9.59. The van der Waals surface area contributed by atoms with E-state index in [1.54, 1.807) is 30.5 Å². The Bertz CT molecular complexity index is 1010. The van der Waals surface area contributed by atoms with Crippen LogP contribution in [0.2, 0.25) is 0 Å². The van der Waals surface area contributed by atoms with Gasteiger partial charge in [-0.25, -0.2) is 0 Å². The van der Waals surface area contributed by atoms with Crippen LogP contribution in [-0.4, -0.2) is 29.7 Å². The van der Waals surface area contributed by atoms with E-state index in [1.807, 2.05) is 6.07 Å². The number of aryl methyl sites for hydroxylation is 1. The fourth-order valence-electron chi connectivity index (χ4n) is 3.56. The van der Waals surface area contributed by atoms with E-state index >= 15 is 0 Å². The monoisotopic (exact) mass is 417 g/mol. The van der Waals surface area contributed by atoms with Crippen molar-refractivity contribution in [2.45, 2.75) is 39.0 Å². The van der Waals surface area contributed by atoms with E-state index in [4.69, 9.17) is 4.74 Å². The minimum absolute atomic E-state index is 0.0418. The van der Waals surface area contributed by atoms with Gasteiger partial charge in [-0.05, 0) is 62.6 Å². The number of benzene rings is 1. The molecule has 1 fully saturated rings. The van der Waals surface area contributed by atoms with E-state index in [1.165, 1.54) is 12.1 Å². The van der Waals surface area contributed by atoms with Crippen LogP contribution in [0.25, 0.3) is 11.8 Å². The van der Waals surface area contributed by atoms with Crippen molar-refractivity contribution in [3.8, 4) is 11.8 Å². The van der Waals surface area contributed by atoms with Crippen molar-refractivity contribution in [2.24, 2.45) is 0 Å². The first-order valence-electron chi connectivity index (χ1n) is 9.59. The second-order valence-corrected chi connectivity index (χ2v) is 7.22. The average molecular weight is 417 g/mol. The summed E-state index contributed by atoms with van der Waals surface area (Å²) in [4.78, 5) is 12.4. The average Bonchev–Trinajstić information content (AvgIpc) is 3.31. The predicted octanol–water partition coefficient (Wildman–Crippen LogP) is 4.32. The Morgan fingerprint density at radius 3 is 2.77 bits per heavy atom. The largest absolute Gasteiger partial charge is 0.416 e. The molecule has 2 heterocycles. The van der Waals surface area contributed by atoms with Crippen LogP contribution < -0.4 is 5.32 Å². The number of halogens is 3. The number of rotatable bonds is 5. The molecule has 0 spiro atoms. The first-order chi connectivity index (χ1) is 14.2. The minimum atomic E-state index is -4.44. The predicted molar refractivity (Wildman–Crippen MR) is 106 cm³/mol. The lowest BCUT2D eigenvalue weighted by atomic mass is 10.1. The molecule has 1 atom stereocenters. The molecule has 0 saturated carbocycles. The topological polar surface area (TPSA) is 67.1 Å². The molecule has 30 heavy (non-hydrogen) atoms. The molecule has 1 N–H and O–H groups in total. The third-order valence-electron chi connectivity index (χ3n) is 5.08. The Kier molecular flexibility index (Phi) is 6.32. The molecular formula is C22H22F3N3O2. The Morgan fingerprint density at radius 2 is 2.13 bits per heavy atom. The zero-order valence-corrected chi connectivity index (χ0v) is 16.7. The Morgan fingerprint density at radius 1 is 1.37 bits per heavy atom. The van der Waals surface area contributed by atoms with Crippen LogP contribution in [0.5, 0.6) is 0 Å². The third-order valence-corrected chi connectivity index (χ3v) is 5.08. The van der Waals surface area contributed by atoms with Gasteiger partial charge in [0.05, 0.1) is 11.7 Å². The van der Waals surface area contributed by atoms with Crippen LogP contribution in [0.4, 0.5) is 13.2 Å².